The minimum atomic E-state index is 0.508. The molecule has 2 N–H and O–H groups in total. The van der Waals surface area contributed by atoms with E-state index in [1.165, 1.54) is 24.0 Å². The summed E-state index contributed by atoms with van der Waals surface area (Å²) in [6, 6.07) is 8.63. The van der Waals surface area contributed by atoms with Gasteiger partial charge in [-0.2, -0.15) is 0 Å². The third-order valence-electron chi connectivity index (χ3n) is 4.14. The lowest BCUT2D eigenvalue weighted by atomic mass is 10.1. The van der Waals surface area contributed by atoms with Crippen LogP contribution in [0.1, 0.15) is 42.8 Å². The summed E-state index contributed by atoms with van der Waals surface area (Å²) >= 11 is 3.27. The molecule has 5 nitrogen and oxygen atoms in total. The van der Waals surface area contributed by atoms with Gasteiger partial charge >= 0.3 is 0 Å². The van der Waals surface area contributed by atoms with Crippen LogP contribution in [-0.2, 0) is 12.2 Å². The molecule has 2 heterocycles. The van der Waals surface area contributed by atoms with Gasteiger partial charge in [0.25, 0.3) is 0 Å². The van der Waals surface area contributed by atoms with E-state index in [4.69, 9.17) is 10.8 Å². The van der Waals surface area contributed by atoms with Crippen LogP contribution in [0.2, 0.25) is 0 Å². The minimum absolute atomic E-state index is 0.508. The van der Waals surface area contributed by atoms with Crippen LogP contribution in [0.25, 0.3) is 10.6 Å². The molecule has 0 aliphatic heterocycles. The molecule has 1 aromatic carbocycles. The number of nitrogens with two attached hydrogens (primary N) is 1. The molecule has 4 rings (SSSR count). The molecule has 1 fully saturated rings. The molecule has 0 amide bonds. The number of rotatable bonds is 6. The molecule has 1 aliphatic rings. The molecular weight excluding hydrogens is 338 g/mol. The van der Waals surface area contributed by atoms with Crippen molar-refractivity contribution in [1.82, 2.24) is 19.9 Å². The molecule has 2 aromatic heterocycles. The second-order valence-corrected chi connectivity index (χ2v) is 7.77. The van der Waals surface area contributed by atoms with Gasteiger partial charge in [0.2, 0.25) is 5.16 Å². The van der Waals surface area contributed by atoms with Crippen molar-refractivity contribution in [2.45, 2.75) is 43.0 Å². The summed E-state index contributed by atoms with van der Waals surface area (Å²) in [6.45, 7) is 2.17. The summed E-state index contributed by atoms with van der Waals surface area (Å²) in [7, 11) is 0. The van der Waals surface area contributed by atoms with Crippen LogP contribution in [0.3, 0.4) is 0 Å². The minimum Gasteiger partial charge on any atom is -0.336 e. The second-order valence-electron chi connectivity index (χ2n) is 5.97. The Labute approximate surface area is 149 Å². The molecule has 0 atom stereocenters. The Hall–Kier alpha value is -1.86. The zero-order valence-corrected chi connectivity index (χ0v) is 15.1. The molecular formula is C17H19N5S2. The maximum atomic E-state index is 6.09. The Kier molecular flexibility index (Phi) is 4.28. The smallest absolute Gasteiger partial charge is 0.210 e. The molecule has 1 aliphatic carbocycles. The lowest BCUT2D eigenvalue weighted by Crippen LogP contribution is -2.13. The van der Waals surface area contributed by atoms with Gasteiger partial charge in [-0.3, -0.25) is 0 Å². The number of benzene rings is 1. The lowest BCUT2D eigenvalue weighted by Gasteiger charge is -2.01. The van der Waals surface area contributed by atoms with E-state index < -0.39 is 0 Å². The molecule has 0 radical (unpaired) electrons. The molecule has 0 bridgehead atoms. The number of hydrogen-bond donors (Lipinski definition) is 1. The van der Waals surface area contributed by atoms with Crippen molar-refractivity contribution in [2.24, 2.45) is 0 Å². The first-order chi connectivity index (χ1) is 11.7. The summed E-state index contributed by atoms with van der Waals surface area (Å²) in [4.78, 5) is 4.73. The highest BCUT2D eigenvalue weighted by atomic mass is 32.2. The standard InChI is InChI=1S/C17H19N5S2/c1-2-11-3-5-13(6-4-11)16-19-14(9-23-16)10-24-17-21-20-15(22(17)18)12-7-8-12/h3-6,9,12H,2,7-8,10,18H2,1H3. The van der Waals surface area contributed by atoms with Crippen molar-refractivity contribution in [2.75, 3.05) is 5.84 Å². The fourth-order valence-electron chi connectivity index (χ4n) is 2.53. The fourth-order valence-corrected chi connectivity index (χ4v) is 4.22. The predicted molar refractivity (Wildman–Crippen MR) is 98.6 cm³/mol. The van der Waals surface area contributed by atoms with E-state index in [1.807, 2.05) is 0 Å². The van der Waals surface area contributed by atoms with Crippen LogP contribution in [0.4, 0.5) is 0 Å². The fraction of sp³-hybridized carbons (Fsp3) is 0.353. The summed E-state index contributed by atoms with van der Waals surface area (Å²) in [5, 5.41) is 12.3. The van der Waals surface area contributed by atoms with E-state index >= 15 is 0 Å². The summed E-state index contributed by atoms with van der Waals surface area (Å²) in [6.07, 6.45) is 3.40. The van der Waals surface area contributed by atoms with Gasteiger partial charge in [0.15, 0.2) is 5.82 Å². The number of thiazole rings is 1. The molecule has 0 unspecified atom stereocenters. The average Bonchev–Trinajstić information content (AvgIpc) is 3.23. The first kappa shape index (κ1) is 15.7. The van der Waals surface area contributed by atoms with Crippen LogP contribution in [0.15, 0.2) is 34.8 Å². The zero-order valence-electron chi connectivity index (χ0n) is 13.5. The normalized spacial score (nSPS) is 14.2. The molecule has 1 saturated carbocycles. The van der Waals surface area contributed by atoms with Crippen molar-refractivity contribution < 1.29 is 0 Å². The Morgan fingerprint density at radius 3 is 2.75 bits per heavy atom. The monoisotopic (exact) mass is 357 g/mol. The van der Waals surface area contributed by atoms with Gasteiger partial charge in [-0.15, -0.1) is 21.5 Å². The van der Waals surface area contributed by atoms with Gasteiger partial charge in [-0.05, 0) is 24.8 Å². The van der Waals surface area contributed by atoms with Gasteiger partial charge in [-0.25, -0.2) is 9.66 Å². The Bertz CT molecular complexity index is 833. The maximum Gasteiger partial charge on any atom is 0.210 e. The summed E-state index contributed by atoms with van der Waals surface area (Å²) in [5.41, 5.74) is 3.57. The molecule has 124 valence electrons. The number of aryl methyl sites for hydroxylation is 1. The van der Waals surface area contributed by atoms with Crippen LogP contribution in [-0.4, -0.2) is 19.9 Å². The average molecular weight is 358 g/mol. The largest absolute Gasteiger partial charge is 0.336 e. The van der Waals surface area contributed by atoms with Crippen molar-refractivity contribution in [3.63, 3.8) is 0 Å². The highest BCUT2D eigenvalue weighted by Gasteiger charge is 2.29. The number of thioether (sulfide) groups is 1. The van der Waals surface area contributed by atoms with Crippen molar-refractivity contribution >= 4 is 23.1 Å². The lowest BCUT2D eigenvalue weighted by molar-refractivity contribution is 0.790. The van der Waals surface area contributed by atoms with E-state index in [-0.39, 0.29) is 0 Å². The number of nitrogen functional groups attached to an aromatic ring is 1. The SMILES string of the molecule is CCc1ccc(-c2nc(CSc3nnc(C4CC4)n3N)cs2)cc1. The summed E-state index contributed by atoms with van der Waals surface area (Å²) in [5.74, 6) is 8.26. The van der Waals surface area contributed by atoms with Crippen LogP contribution in [0, 0.1) is 0 Å². The zero-order chi connectivity index (χ0) is 16.5. The van der Waals surface area contributed by atoms with Crippen molar-refractivity contribution in [3.8, 4) is 10.6 Å². The highest BCUT2D eigenvalue weighted by molar-refractivity contribution is 7.98. The topological polar surface area (TPSA) is 69.6 Å². The van der Waals surface area contributed by atoms with Gasteiger partial charge in [0, 0.05) is 22.6 Å². The van der Waals surface area contributed by atoms with Crippen LogP contribution >= 0.6 is 23.1 Å². The Morgan fingerprint density at radius 2 is 2.04 bits per heavy atom. The van der Waals surface area contributed by atoms with E-state index in [1.54, 1.807) is 27.8 Å². The third kappa shape index (κ3) is 3.18. The van der Waals surface area contributed by atoms with Gasteiger partial charge in [0.1, 0.15) is 5.01 Å². The maximum absolute atomic E-state index is 6.09. The van der Waals surface area contributed by atoms with Crippen molar-refractivity contribution in [3.05, 3.63) is 46.7 Å². The number of aromatic nitrogens is 4. The van der Waals surface area contributed by atoms with E-state index in [0.717, 1.165) is 33.9 Å². The highest BCUT2D eigenvalue weighted by Crippen LogP contribution is 2.39. The first-order valence-corrected chi connectivity index (χ1v) is 9.98. The third-order valence-corrected chi connectivity index (χ3v) is 6.06. The Balaban J connectivity index is 1.43. The molecule has 7 heteroatoms. The second kappa shape index (κ2) is 6.57. The first-order valence-electron chi connectivity index (χ1n) is 8.11. The number of nitrogens with zero attached hydrogens (tertiary/aromatic N) is 4. The van der Waals surface area contributed by atoms with E-state index in [9.17, 15) is 0 Å². The van der Waals surface area contributed by atoms with Gasteiger partial charge < -0.3 is 5.84 Å². The molecule has 3 aromatic rings. The van der Waals surface area contributed by atoms with E-state index in [0.29, 0.717) is 5.92 Å². The van der Waals surface area contributed by atoms with Gasteiger partial charge in [0.05, 0.1) is 5.69 Å². The molecule has 0 spiro atoms. The van der Waals surface area contributed by atoms with E-state index in [2.05, 4.69) is 46.8 Å². The molecule has 0 saturated heterocycles. The predicted octanol–water partition coefficient (Wildman–Crippen LogP) is 3.85. The number of hydrogen-bond acceptors (Lipinski definition) is 6. The van der Waals surface area contributed by atoms with Crippen molar-refractivity contribution in [1.29, 1.82) is 0 Å². The van der Waals surface area contributed by atoms with Gasteiger partial charge in [-0.1, -0.05) is 43.0 Å². The molecule has 24 heavy (non-hydrogen) atoms. The Morgan fingerprint density at radius 1 is 1.25 bits per heavy atom. The van der Waals surface area contributed by atoms with Crippen LogP contribution in [0.5, 0.6) is 0 Å². The van der Waals surface area contributed by atoms with Crippen LogP contribution < -0.4 is 5.84 Å². The summed E-state index contributed by atoms with van der Waals surface area (Å²) < 4.78 is 1.64. The quantitative estimate of drug-likeness (QED) is 0.536.